The van der Waals surface area contributed by atoms with Crippen molar-refractivity contribution in [2.75, 3.05) is 6.61 Å². The minimum Gasteiger partial charge on any atom is -0.508 e. The third-order valence-electron chi connectivity index (χ3n) is 2.64. The van der Waals surface area contributed by atoms with Crippen LogP contribution in [0, 0.1) is 5.41 Å². The SMILES string of the molecule is CC(C)(C)C(CO)/N=C/c1cc(O)cc(Cl)c1O. The van der Waals surface area contributed by atoms with Gasteiger partial charge in [-0.1, -0.05) is 32.4 Å². The van der Waals surface area contributed by atoms with Crippen molar-refractivity contribution in [1.82, 2.24) is 0 Å². The molecule has 0 radical (unpaired) electrons. The highest BCUT2D eigenvalue weighted by atomic mass is 35.5. The van der Waals surface area contributed by atoms with Gasteiger partial charge in [0.25, 0.3) is 0 Å². The van der Waals surface area contributed by atoms with E-state index in [0.717, 1.165) is 0 Å². The van der Waals surface area contributed by atoms with Crippen LogP contribution < -0.4 is 0 Å². The minimum absolute atomic E-state index is 0.0458. The van der Waals surface area contributed by atoms with Crippen molar-refractivity contribution in [3.05, 3.63) is 22.7 Å². The summed E-state index contributed by atoms with van der Waals surface area (Å²) in [7, 11) is 0. The summed E-state index contributed by atoms with van der Waals surface area (Å²) in [5, 5.41) is 28.4. The maximum atomic E-state index is 9.71. The average molecular weight is 272 g/mol. The number of phenols is 2. The molecule has 0 aromatic heterocycles. The quantitative estimate of drug-likeness (QED) is 0.584. The van der Waals surface area contributed by atoms with Gasteiger partial charge in [0.05, 0.1) is 17.7 Å². The van der Waals surface area contributed by atoms with E-state index < -0.39 is 0 Å². The van der Waals surface area contributed by atoms with E-state index in [1.165, 1.54) is 18.3 Å². The molecule has 0 spiro atoms. The topological polar surface area (TPSA) is 73.1 Å². The predicted octanol–water partition coefficient (Wildman–Crippen LogP) is 2.58. The molecule has 0 fully saturated rings. The Morgan fingerprint density at radius 1 is 1.33 bits per heavy atom. The number of hydrogen-bond donors (Lipinski definition) is 3. The molecule has 18 heavy (non-hydrogen) atoms. The number of hydrogen-bond acceptors (Lipinski definition) is 4. The van der Waals surface area contributed by atoms with E-state index >= 15 is 0 Å². The first-order chi connectivity index (χ1) is 8.25. The van der Waals surface area contributed by atoms with Gasteiger partial charge in [0.2, 0.25) is 0 Å². The fourth-order valence-electron chi connectivity index (χ4n) is 1.42. The molecule has 1 aromatic carbocycles. The number of rotatable bonds is 3. The maximum absolute atomic E-state index is 9.71. The summed E-state index contributed by atoms with van der Waals surface area (Å²) in [6.45, 7) is 5.79. The highest BCUT2D eigenvalue weighted by Crippen LogP contribution is 2.31. The van der Waals surface area contributed by atoms with Crippen LogP contribution in [0.4, 0.5) is 0 Å². The molecule has 1 unspecified atom stereocenters. The molecule has 100 valence electrons. The zero-order chi connectivity index (χ0) is 13.9. The molecular formula is C13H18ClNO3. The molecule has 3 N–H and O–H groups in total. The minimum atomic E-state index is -0.293. The monoisotopic (exact) mass is 271 g/mol. The van der Waals surface area contributed by atoms with E-state index in [0.29, 0.717) is 5.56 Å². The number of aromatic hydroxyl groups is 2. The molecular weight excluding hydrogens is 254 g/mol. The van der Waals surface area contributed by atoms with Crippen LogP contribution in [0.1, 0.15) is 26.3 Å². The van der Waals surface area contributed by atoms with E-state index in [-0.39, 0.29) is 34.6 Å². The van der Waals surface area contributed by atoms with E-state index in [2.05, 4.69) is 4.99 Å². The Kier molecular flexibility index (Phi) is 4.59. The van der Waals surface area contributed by atoms with Gasteiger partial charge in [-0.15, -0.1) is 0 Å². The smallest absolute Gasteiger partial charge is 0.143 e. The molecule has 4 nitrogen and oxygen atoms in total. The van der Waals surface area contributed by atoms with Crippen LogP contribution in [0.3, 0.4) is 0 Å². The Morgan fingerprint density at radius 3 is 2.44 bits per heavy atom. The van der Waals surface area contributed by atoms with Gasteiger partial charge >= 0.3 is 0 Å². The first-order valence-electron chi connectivity index (χ1n) is 5.61. The van der Waals surface area contributed by atoms with Crippen LogP contribution in [0.2, 0.25) is 5.02 Å². The molecule has 0 bridgehead atoms. The van der Waals surface area contributed by atoms with Crippen molar-refractivity contribution in [1.29, 1.82) is 0 Å². The Balaban J connectivity index is 3.04. The highest BCUT2D eigenvalue weighted by molar-refractivity contribution is 6.32. The van der Waals surface area contributed by atoms with E-state index in [1.54, 1.807) is 0 Å². The Hall–Kier alpha value is -1.26. The van der Waals surface area contributed by atoms with Gasteiger partial charge in [-0.2, -0.15) is 0 Å². The molecule has 0 saturated heterocycles. The van der Waals surface area contributed by atoms with Crippen LogP contribution in [0.25, 0.3) is 0 Å². The lowest BCUT2D eigenvalue weighted by Crippen LogP contribution is -2.28. The van der Waals surface area contributed by atoms with Gasteiger partial charge in [0.1, 0.15) is 11.5 Å². The molecule has 1 atom stereocenters. The number of aliphatic imine (C=N–C) groups is 1. The summed E-state index contributed by atoms with van der Waals surface area (Å²) >= 11 is 5.74. The van der Waals surface area contributed by atoms with Crippen molar-refractivity contribution >= 4 is 17.8 Å². The Morgan fingerprint density at radius 2 is 1.94 bits per heavy atom. The lowest BCUT2D eigenvalue weighted by molar-refractivity contribution is 0.191. The predicted molar refractivity (Wildman–Crippen MR) is 72.7 cm³/mol. The largest absolute Gasteiger partial charge is 0.508 e. The molecule has 0 aliphatic rings. The van der Waals surface area contributed by atoms with Crippen molar-refractivity contribution in [2.24, 2.45) is 10.4 Å². The van der Waals surface area contributed by atoms with Gasteiger partial charge in [0, 0.05) is 17.8 Å². The molecule has 1 rings (SSSR count). The molecule has 5 heteroatoms. The standard InChI is InChI=1S/C13H18ClNO3/c1-13(2,3)11(7-16)15-6-8-4-9(17)5-10(14)12(8)18/h4-6,11,16-18H,7H2,1-3H3/b15-6+. The number of aliphatic hydroxyl groups is 1. The summed E-state index contributed by atoms with van der Waals surface area (Å²) in [6, 6.07) is 2.32. The van der Waals surface area contributed by atoms with Crippen LogP contribution in [-0.4, -0.2) is 34.2 Å². The molecule has 0 heterocycles. The number of phenolic OH excluding ortho intramolecular Hbond substituents is 2. The summed E-state index contributed by atoms with van der Waals surface area (Å²) in [5.74, 6) is -0.181. The zero-order valence-corrected chi connectivity index (χ0v) is 11.4. The fourth-order valence-corrected chi connectivity index (χ4v) is 1.64. The van der Waals surface area contributed by atoms with E-state index in [1.807, 2.05) is 20.8 Å². The highest BCUT2D eigenvalue weighted by Gasteiger charge is 2.22. The van der Waals surface area contributed by atoms with Gasteiger partial charge < -0.3 is 15.3 Å². The van der Waals surface area contributed by atoms with E-state index in [4.69, 9.17) is 11.6 Å². The number of aliphatic hydroxyl groups excluding tert-OH is 1. The van der Waals surface area contributed by atoms with Gasteiger partial charge in [-0.3, -0.25) is 4.99 Å². The summed E-state index contributed by atoms with van der Waals surface area (Å²) in [4.78, 5) is 4.22. The van der Waals surface area contributed by atoms with Crippen LogP contribution in [0.5, 0.6) is 11.5 Å². The van der Waals surface area contributed by atoms with Crippen molar-refractivity contribution in [2.45, 2.75) is 26.8 Å². The van der Waals surface area contributed by atoms with Gasteiger partial charge in [0.15, 0.2) is 0 Å². The van der Waals surface area contributed by atoms with Crippen LogP contribution in [-0.2, 0) is 0 Å². The molecule has 0 amide bonds. The lowest BCUT2D eigenvalue weighted by atomic mass is 9.88. The average Bonchev–Trinajstić information content (AvgIpc) is 2.23. The van der Waals surface area contributed by atoms with Crippen LogP contribution >= 0.6 is 11.6 Å². The Bertz CT molecular complexity index is 452. The molecule has 0 saturated carbocycles. The van der Waals surface area contributed by atoms with Gasteiger partial charge in [-0.25, -0.2) is 0 Å². The van der Waals surface area contributed by atoms with Crippen molar-refractivity contribution in [3.8, 4) is 11.5 Å². The number of halogens is 1. The fraction of sp³-hybridized carbons (Fsp3) is 0.462. The van der Waals surface area contributed by atoms with Gasteiger partial charge in [-0.05, 0) is 11.5 Å². The Labute approximate surface area is 112 Å². The summed E-state index contributed by atoms with van der Waals surface area (Å²) in [5.41, 5.74) is 0.129. The molecule has 0 aliphatic carbocycles. The lowest BCUT2D eigenvalue weighted by Gasteiger charge is -2.25. The number of benzene rings is 1. The molecule has 1 aromatic rings. The van der Waals surface area contributed by atoms with Crippen LogP contribution in [0.15, 0.2) is 17.1 Å². The third-order valence-corrected chi connectivity index (χ3v) is 2.93. The normalized spacial score (nSPS) is 14.1. The second-order valence-corrected chi connectivity index (χ2v) is 5.62. The maximum Gasteiger partial charge on any atom is 0.143 e. The second kappa shape index (κ2) is 5.59. The second-order valence-electron chi connectivity index (χ2n) is 5.21. The summed E-state index contributed by atoms with van der Waals surface area (Å²) in [6.07, 6.45) is 1.41. The number of nitrogens with zero attached hydrogens (tertiary/aromatic N) is 1. The van der Waals surface area contributed by atoms with Crippen molar-refractivity contribution < 1.29 is 15.3 Å². The first kappa shape index (κ1) is 14.8. The zero-order valence-electron chi connectivity index (χ0n) is 10.7. The molecule has 0 aliphatic heterocycles. The summed E-state index contributed by atoms with van der Waals surface area (Å²) < 4.78 is 0. The van der Waals surface area contributed by atoms with Crippen molar-refractivity contribution in [3.63, 3.8) is 0 Å². The van der Waals surface area contributed by atoms with E-state index in [9.17, 15) is 15.3 Å². The first-order valence-corrected chi connectivity index (χ1v) is 5.99. The third kappa shape index (κ3) is 3.62.